The minimum absolute atomic E-state index is 0.0719. The Morgan fingerprint density at radius 1 is 1.11 bits per heavy atom. The topological polar surface area (TPSA) is 67.9 Å². The van der Waals surface area contributed by atoms with Crippen LogP contribution in [0.5, 0.6) is 11.5 Å². The highest BCUT2D eigenvalue weighted by Gasteiger charge is 2.38. The van der Waals surface area contributed by atoms with Crippen molar-refractivity contribution in [2.45, 2.75) is 50.6 Å². The summed E-state index contributed by atoms with van der Waals surface area (Å²) in [4.78, 5) is 27.6. The second-order valence-electron chi connectivity index (χ2n) is 9.65. The molecule has 3 aromatic rings. The molecule has 2 aliphatic rings. The van der Waals surface area contributed by atoms with Crippen molar-refractivity contribution < 1.29 is 19.1 Å². The van der Waals surface area contributed by atoms with E-state index in [4.69, 9.17) is 9.47 Å². The molecule has 2 heterocycles. The monoisotopic (exact) mass is 472 g/mol. The first-order chi connectivity index (χ1) is 17.0. The molecule has 3 aromatic carbocycles. The zero-order valence-electron chi connectivity index (χ0n) is 20.2. The molecule has 5 rings (SSSR count). The summed E-state index contributed by atoms with van der Waals surface area (Å²) >= 11 is 0. The number of nitrogens with one attached hydrogen (secondary N) is 1. The van der Waals surface area contributed by atoms with Gasteiger partial charge in [-0.25, -0.2) is 0 Å². The lowest BCUT2D eigenvalue weighted by molar-refractivity contribution is -0.132. The Hall–Kier alpha value is -3.54. The van der Waals surface area contributed by atoms with Crippen LogP contribution in [0.1, 0.15) is 43.2 Å². The summed E-state index contributed by atoms with van der Waals surface area (Å²) in [7, 11) is 1.63. The fraction of sp³-hybridized carbons (Fsp3) is 0.379. The first kappa shape index (κ1) is 23.2. The van der Waals surface area contributed by atoms with Gasteiger partial charge in [0.1, 0.15) is 0 Å². The molecule has 0 aliphatic carbocycles. The molecule has 1 unspecified atom stereocenters. The molecule has 2 aliphatic heterocycles. The van der Waals surface area contributed by atoms with Crippen LogP contribution in [0.3, 0.4) is 0 Å². The van der Waals surface area contributed by atoms with Gasteiger partial charge in [-0.05, 0) is 48.1 Å². The van der Waals surface area contributed by atoms with Gasteiger partial charge in [0.2, 0.25) is 11.8 Å². The Labute approximate surface area is 206 Å². The second kappa shape index (κ2) is 9.98. The van der Waals surface area contributed by atoms with Gasteiger partial charge in [0, 0.05) is 37.0 Å². The van der Waals surface area contributed by atoms with Gasteiger partial charge < -0.3 is 19.7 Å². The third-order valence-electron chi connectivity index (χ3n) is 7.22. The van der Waals surface area contributed by atoms with Gasteiger partial charge in [-0.3, -0.25) is 9.59 Å². The first-order valence-electron chi connectivity index (χ1n) is 12.4. The fourth-order valence-electron chi connectivity index (χ4n) is 5.36. The van der Waals surface area contributed by atoms with Crippen LogP contribution < -0.4 is 14.8 Å². The van der Waals surface area contributed by atoms with E-state index >= 15 is 0 Å². The Kier molecular flexibility index (Phi) is 6.62. The van der Waals surface area contributed by atoms with Crippen LogP contribution in [0, 0.1) is 0 Å². The third kappa shape index (κ3) is 5.11. The third-order valence-corrected chi connectivity index (χ3v) is 7.22. The predicted molar refractivity (Wildman–Crippen MR) is 136 cm³/mol. The molecule has 0 radical (unpaired) electrons. The second-order valence-corrected chi connectivity index (χ2v) is 9.65. The van der Waals surface area contributed by atoms with Crippen molar-refractivity contribution >= 4 is 22.6 Å². The number of carbonyl (C=O) groups excluding carboxylic acids is 2. The zero-order valence-corrected chi connectivity index (χ0v) is 20.2. The number of benzene rings is 3. The first-order valence-corrected chi connectivity index (χ1v) is 12.4. The zero-order chi connectivity index (χ0) is 24.3. The average molecular weight is 473 g/mol. The average Bonchev–Trinajstić information content (AvgIpc) is 3.22. The molecule has 2 amide bonds. The molecule has 0 spiro atoms. The molecule has 1 saturated heterocycles. The molecular formula is C29H32N2O4. The van der Waals surface area contributed by atoms with Gasteiger partial charge in [-0.2, -0.15) is 0 Å². The number of fused-ring (bicyclic) bond motifs is 2. The summed E-state index contributed by atoms with van der Waals surface area (Å²) in [6.45, 7) is 1.69. The van der Waals surface area contributed by atoms with Crippen LogP contribution in [0.25, 0.3) is 10.8 Å². The number of amides is 2. The number of hydrogen-bond donors (Lipinski definition) is 1. The van der Waals surface area contributed by atoms with Crippen molar-refractivity contribution in [3.63, 3.8) is 0 Å². The quantitative estimate of drug-likeness (QED) is 0.568. The van der Waals surface area contributed by atoms with E-state index in [9.17, 15) is 9.59 Å². The van der Waals surface area contributed by atoms with Crippen molar-refractivity contribution in [2.75, 3.05) is 20.3 Å². The number of hydrogen-bond acceptors (Lipinski definition) is 4. The SMILES string of the molecule is COc1cccc2c1OCCCN(C(=O)CCC1(Cc3ccc4ccccc4c3)CCC(=O)N1)C2. The maximum atomic E-state index is 13.4. The Morgan fingerprint density at radius 2 is 1.97 bits per heavy atom. The number of ether oxygens (including phenoxy) is 2. The van der Waals surface area contributed by atoms with E-state index in [-0.39, 0.29) is 17.4 Å². The van der Waals surface area contributed by atoms with Crippen molar-refractivity contribution in [1.29, 1.82) is 0 Å². The highest BCUT2D eigenvalue weighted by molar-refractivity contribution is 5.83. The van der Waals surface area contributed by atoms with Gasteiger partial charge >= 0.3 is 0 Å². The van der Waals surface area contributed by atoms with E-state index < -0.39 is 0 Å². The van der Waals surface area contributed by atoms with Gasteiger partial charge in [0.05, 0.1) is 13.7 Å². The molecule has 0 aromatic heterocycles. The minimum atomic E-state index is -0.387. The maximum absolute atomic E-state index is 13.4. The van der Waals surface area contributed by atoms with E-state index in [0.717, 1.165) is 30.6 Å². The summed E-state index contributed by atoms with van der Waals surface area (Å²) in [5, 5.41) is 5.62. The molecule has 182 valence electrons. The summed E-state index contributed by atoms with van der Waals surface area (Å²) in [5.74, 6) is 1.60. The fourth-order valence-corrected chi connectivity index (χ4v) is 5.36. The lowest BCUT2D eigenvalue weighted by Gasteiger charge is -2.32. The highest BCUT2D eigenvalue weighted by Crippen LogP contribution is 2.34. The lowest BCUT2D eigenvalue weighted by Crippen LogP contribution is -2.45. The van der Waals surface area contributed by atoms with Crippen LogP contribution in [0.15, 0.2) is 60.7 Å². The molecule has 1 fully saturated rings. The van der Waals surface area contributed by atoms with Crippen LogP contribution >= 0.6 is 0 Å². The summed E-state index contributed by atoms with van der Waals surface area (Å²) in [6, 6.07) is 20.6. The lowest BCUT2D eigenvalue weighted by atomic mass is 9.84. The van der Waals surface area contributed by atoms with Crippen molar-refractivity contribution in [1.82, 2.24) is 10.2 Å². The van der Waals surface area contributed by atoms with Crippen molar-refractivity contribution in [3.8, 4) is 11.5 Å². The number of para-hydroxylation sites is 1. The van der Waals surface area contributed by atoms with E-state index in [1.165, 1.54) is 16.3 Å². The normalized spacial score (nSPS) is 19.9. The number of carbonyl (C=O) groups is 2. The van der Waals surface area contributed by atoms with E-state index in [1.54, 1.807) is 7.11 Å². The molecule has 1 N–H and O–H groups in total. The number of nitrogens with zero attached hydrogens (tertiary/aromatic N) is 1. The molecule has 6 heteroatoms. The van der Waals surface area contributed by atoms with Crippen LogP contribution in [-0.2, 0) is 22.6 Å². The van der Waals surface area contributed by atoms with Crippen LogP contribution in [0.2, 0.25) is 0 Å². The molecular weight excluding hydrogens is 440 g/mol. The largest absolute Gasteiger partial charge is 0.493 e. The van der Waals surface area contributed by atoms with Crippen molar-refractivity contribution in [3.05, 3.63) is 71.8 Å². The standard InChI is InChI=1S/C29H32N2O4/c1-34-25-9-4-8-24-20-31(16-5-17-35-28(24)25)27(33)13-15-29(14-12-26(32)30-29)19-21-10-11-22-6-2-3-7-23(22)18-21/h2-4,6-11,18H,5,12-17,19-20H2,1H3,(H,30,32). The van der Waals surface area contributed by atoms with Gasteiger partial charge in [0.25, 0.3) is 0 Å². The van der Waals surface area contributed by atoms with Crippen LogP contribution in [0.4, 0.5) is 0 Å². The smallest absolute Gasteiger partial charge is 0.222 e. The Bertz CT molecular complexity index is 1240. The van der Waals surface area contributed by atoms with Gasteiger partial charge in [-0.15, -0.1) is 0 Å². The van der Waals surface area contributed by atoms with E-state index in [1.807, 2.05) is 35.2 Å². The number of methoxy groups -OCH3 is 1. The molecule has 6 nitrogen and oxygen atoms in total. The van der Waals surface area contributed by atoms with E-state index in [0.29, 0.717) is 44.7 Å². The minimum Gasteiger partial charge on any atom is -0.493 e. The number of rotatable bonds is 6. The molecule has 0 bridgehead atoms. The van der Waals surface area contributed by atoms with Crippen LogP contribution in [-0.4, -0.2) is 42.5 Å². The summed E-state index contributed by atoms with van der Waals surface area (Å²) in [5.41, 5.74) is 1.75. The molecule has 1 atom stereocenters. The maximum Gasteiger partial charge on any atom is 0.222 e. The van der Waals surface area contributed by atoms with E-state index in [2.05, 4.69) is 35.6 Å². The highest BCUT2D eigenvalue weighted by atomic mass is 16.5. The van der Waals surface area contributed by atoms with Gasteiger partial charge in [0.15, 0.2) is 11.5 Å². The van der Waals surface area contributed by atoms with Crippen molar-refractivity contribution in [2.24, 2.45) is 0 Å². The Balaban J connectivity index is 1.30. The summed E-state index contributed by atoms with van der Waals surface area (Å²) < 4.78 is 11.4. The molecule has 0 saturated carbocycles. The summed E-state index contributed by atoms with van der Waals surface area (Å²) in [6.07, 6.45) is 3.78. The Morgan fingerprint density at radius 3 is 2.77 bits per heavy atom. The molecule has 35 heavy (non-hydrogen) atoms. The predicted octanol–water partition coefficient (Wildman–Crippen LogP) is 4.63. The van der Waals surface area contributed by atoms with Gasteiger partial charge in [-0.1, -0.05) is 54.6 Å².